The van der Waals surface area contributed by atoms with E-state index in [0.29, 0.717) is 16.0 Å². The number of aromatic nitrogens is 2. The number of halogens is 2. The summed E-state index contributed by atoms with van der Waals surface area (Å²) in [6, 6.07) is 4.38. The molecule has 0 amide bonds. The standard InChI is InChI=1S/C9H6BrFN2O2/c10-7-3-6(1-2-8(7)11)14-4-9-12-5-15-13-9/h1-3,5H,4H2. The van der Waals surface area contributed by atoms with Crippen LogP contribution in [0.1, 0.15) is 5.82 Å². The average Bonchev–Trinajstić information content (AvgIpc) is 2.73. The Balaban J connectivity index is 2.02. The van der Waals surface area contributed by atoms with Crippen molar-refractivity contribution in [1.29, 1.82) is 0 Å². The molecule has 0 fully saturated rings. The van der Waals surface area contributed by atoms with Gasteiger partial charge in [-0.1, -0.05) is 5.16 Å². The van der Waals surface area contributed by atoms with E-state index in [0.717, 1.165) is 0 Å². The van der Waals surface area contributed by atoms with Crippen LogP contribution < -0.4 is 4.74 Å². The van der Waals surface area contributed by atoms with Gasteiger partial charge in [0.1, 0.15) is 11.6 Å². The van der Waals surface area contributed by atoms with Crippen LogP contribution in [0.3, 0.4) is 0 Å². The zero-order valence-corrected chi connectivity index (χ0v) is 9.07. The smallest absolute Gasteiger partial charge is 0.213 e. The highest BCUT2D eigenvalue weighted by atomic mass is 79.9. The van der Waals surface area contributed by atoms with Crippen molar-refractivity contribution >= 4 is 15.9 Å². The van der Waals surface area contributed by atoms with Gasteiger partial charge in [0.25, 0.3) is 0 Å². The number of rotatable bonds is 3. The maximum Gasteiger partial charge on any atom is 0.213 e. The van der Waals surface area contributed by atoms with Crippen LogP contribution in [0.25, 0.3) is 0 Å². The second-order valence-corrected chi connectivity index (χ2v) is 3.57. The fourth-order valence-electron chi connectivity index (χ4n) is 0.971. The molecule has 0 aliphatic carbocycles. The van der Waals surface area contributed by atoms with Crippen LogP contribution in [0, 0.1) is 5.82 Å². The quantitative estimate of drug-likeness (QED) is 0.862. The van der Waals surface area contributed by atoms with E-state index in [1.54, 1.807) is 0 Å². The van der Waals surface area contributed by atoms with Gasteiger partial charge < -0.3 is 9.26 Å². The first-order valence-corrected chi connectivity index (χ1v) is 4.88. The molecule has 4 nitrogen and oxygen atoms in total. The van der Waals surface area contributed by atoms with Crippen molar-refractivity contribution in [3.63, 3.8) is 0 Å². The molecule has 0 saturated carbocycles. The van der Waals surface area contributed by atoms with E-state index in [2.05, 4.69) is 30.6 Å². The van der Waals surface area contributed by atoms with Crippen molar-refractivity contribution in [3.05, 3.63) is 40.7 Å². The van der Waals surface area contributed by atoms with Gasteiger partial charge in [-0.2, -0.15) is 4.98 Å². The Bertz CT molecular complexity index is 447. The van der Waals surface area contributed by atoms with Gasteiger partial charge in [-0.3, -0.25) is 0 Å². The van der Waals surface area contributed by atoms with Crippen molar-refractivity contribution in [2.75, 3.05) is 0 Å². The number of hydrogen-bond donors (Lipinski definition) is 0. The van der Waals surface area contributed by atoms with Crippen molar-refractivity contribution in [2.24, 2.45) is 0 Å². The minimum Gasteiger partial charge on any atom is -0.485 e. The van der Waals surface area contributed by atoms with Crippen LogP contribution >= 0.6 is 15.9 Å². The monoisotopic (exact) mass is 272 g/mol. The van der Waals surface area contributed by atoms with Crippen molar-refractivity contribution in [2.45, 2.75) is 6.61 Å². The lowest BCUT2D eigenvalue weighted by molar-refractivity contribution is 0.286. The van der Waals surface area contributed by atoms with E-state index < -0.39 is 0 Å². The van der Waals surface area contributed by atoms with Gasteiger partial charge in [0.15, 0.2) is 6.61 Å². The van der Waals surface area contributed by atoms with Crippen LogP contribution in [0.4, 0.5) is 4.39 Å². The first kappa shape index (κ1) is 10.1. The first-order chi connectivity index (χ1) is 7.25. The van der Waals surface area contributed by atoms with E-state index in [-0.39, 0.29) is 12.4 Å². The highest BCUT2D eigenvalue weighted by Gasteiger charge is 2.03. The minimum absolute atomic E-state index is 0.189. The number of hydrogen-bond acceptors (Lipinski definition) is 4. The molecule has 0 atom stereocenters. The van der Waals surface area contributed by atoms with Gasteiger partial charge in [0.05, 0.1) is 4.47 Å². The Morgan fingerprint density at radius 2 is 2.33 bits per heavy atom. The van der Waals surface area contributed by atoms with Gasteiger partial charge in [0.2, 0.25) is 12.2 Å². The molecule has 6 heteroatoms. The molecule has 15 heavy (non-hydrogen) atoms. The summed E-state index contributed by atoms with van der Waals surface area (Å²) in [5.74, 6) is 0.644. The van der Waals surface area contributed by atoms with E-state index >= 15 is 0 Å². The Morgan fingerprint density at radius 3 is 3.00 bits per heavy atom. The highest BCUT2D eigenvalue weighted by molar-refractivity contribution is 9.10. The summed E-state index contributed by atoms with van der Waals surface area (Å²) in [5.41, 5.74) is 0. The number of ether oxygens (including phenoxy) is 1. The third-order valence-electron chi connectivity index (χ3n) is 1.67. The molecule has 1 heterocycles. The molecule has 0 spiro atoms. The molecule has 2 rings (SSSR count). The van der Waals surface area contributed by atoms with E-state index in [9.17, 15) is 4.39 Å². The summed E-state index contributed by atoms with van der Waals surface area (Å²) in [7, 11) is 0. The largest absolute Gasteiger partial charge is 0.485 e. The molecule has 0 N–H and O–H groups in total. The van der Waals surface area contributed by atoms with Crippen LogP contribution in [-0.2, 0) is 6.61 Å². The first-order valence-electron chi connectivity index (χ1n) is 4.09. The highest BCUT2D eigenvalue weighted by Crippen LogP contribution is 2.21. The summed E-state index contributed by atoms with van der Waals surface area (Å²) in [4.78, 5) is 3.78. The number of nitrogens with zero attached hydrogens (tertiary/aromatic N) is 2. The van der Waals surface area contributed by atoms with Gasteiger partial charge >= 0.3 is 0 Å². The van der Waals surface area contributed by atoms with E-state index in [1.807, 2.05) is 0 Å². The van der Waals surface area contributed by atoms with Crippen LogP contribution in [-0.4, -0.2) is 10.1 Å². The molecule has 1 aromatic heterocycles. The summed E-state index contributed by atoms with van der Waals surface area (Å²) >= 11 is 3.06. The molecular weight excluding hydrogens is 267 g/mol. The van der Waals surface area contributed by atoms with Crippen LogP contribution in [0.5, 0.6) is 5.75 Å². The SMILES string of the molecule is Fc1ccc(OCc2ncon2)cc1Br. The van der Waals surface area contributed by atoms with Gasteiger partial charge in [-0.15, -0.1) is 0 Å². The fraction of sp³-hybridized carbons (Fsp3) is 0.111. The number of benzene rings is 1. The summed E-state index contributed by atoms with van der Waals surface area (Å²) < 4.78 is 23.1. The topological polar surface area (TPSA) is 48.2 Å². The lowest BCUT2D eigenvalue weighted by Gasteiger charge is -2.03. The maximum atomic E-state index is 12.9. The second-order valence-electron chi connectivity index (χ2n) is 2.71. The lowest BCUT2D eigenvalue weighted by Crippen LogP contribution is -1.97. The van der Waals surface area contributed by atoms with Gasteiger partial charge in [-0.05, 0) is 34.1 Å². The molecule has 0 unspecified atom stereocenters. The second kappa shape index (κ2) is 4.39. The third kappa shape index (κ3) is 2.53. The Kier molecular flexibility index (Phi) is 2.96. The summed E-state index contributed by atoms with van der Waals surface area (Å²) in [5, 5.41) is 3.57. The van der Waals surface area contributed by atoms with Gasteiger partial charge in [-0.25, -0.2) is 4.39 Å². The molecular formula is C9H6BrFN2O2. The van der Waals surface area contributed by atoms with Crippen LogP contribution in [0.15, 0.2) is 33.6 Å². The predicted octanol–water partition coefficient (Wildman–Crippen LogP) is 2.55. The van der Waals surface area contributed by atoms with Crippen molar-refractivity contribution in [3.8, 4) is 5.75 Å². The zero-order valence-electron chi connectivity index (χ0n) is 7.48. The fourth-order valence-corrected chi connectivity index (χ4v) is 1.33. The molecule has 0 aliphatic rings. The summed E-state index contributed by atoms with van der Waals surface area (Å²) in [6.07, 6.45) is 1.22. The predicted molar refractivity (Wildman–Crippen MR) is 52.7 cm³/mol. The Hall–Kier alpha value is -1.43. The van der Waals surface area contributed by atoms with Crippen LogP contribution in [0.2, 0.25) is 0 Å². The Morgan fingerprint density at radius 1 is 1.47 bits per heavy atom. The molecule has 0 bridgehead atoms. The molecule has 0 radical (unpaired) electrons. The summed E-state index contributed by atoms with van der Waals surface area (Å²) in [6.45, 7) is 0.189. The van der Waals surface area contributed by atoms with Gasteiger partial charge in [0, 0.05) is 0 Å². The zero-order chi connectivity index (χ0) is 10.7. The normalized spacial score (nSPS) is 10.3. The molecule has 0 aliphatic heterocycles. The maximum absolute atomic E-state index is 12.9. The molecule has 1 aromatic carbocycles. The molecule has 78 valence electrons. The Labute approximate surface area is 93.2 Å². The van der Waals surface area contributed by atoms with Crippen molar-refractivity contribution in [1.82, 2.24) is 10.1 Å². The lowest BCUT2D eigenvalue weighted by atomic mass is 10.3. The van der Waals surface area contributed by atoms with Crippen molar-refractivity contribution < 1.29 is 13.7 Å². The minimum atomic E-state index is -0.332. The molecule has 0 saturated heterocycles. The average molecular weight is 273 g/mol. The third-order valence-corrected chi connectivity index (χ3v) is 2.27. The van der Waals surface area contributed by atoms with E-state index in [1.165, 1.54) is 24.6 Å². The van der Waals surface area contributed by atoms with E-state index in [4.69, 9.17) is 4.74 Å². The molecule has 2 aromatic rings.